The minimum Gasteiger partial charge on any atom is -0.497 e. The van der Waals surface area contributed by atoms with Crippen molar-refractivity contribution >= 4 is 12.0 Å². The molecule has 6 heteroatoms. The van der Waals surface area contributed by atoms with Crippen LogP contribution in [0.25, 0.3) is 0 Å². The molecule has 26 heavy (non-hydrogen) atoms. The second kappa shape index (κ2) is 6.49. The monoisotopic (exact) mass is 358 g/mol. The van der Waals surface area contributed by atoms with Gasteiger partial charge >= 0.3 is 12.0 Å². The quantitative estimate of drug-likeness (QED) is 0.848. The molecule has 3 atom stereocenters. The summed E-state index contributed by atoms with van der Waals surface area (Å²) in [4.78, 5) is 26.4. The van der Waals surface area contributed by atoms with Gasteiger partial charge in [-0.15, -0.1) is 0 Å². The van der Waals surface area contributed by atoms with Crippen molar-refractivity contribution in [3.05, 3.63) is 29.8 Å². The first-order valence-corrected chi connectivity index (χ1v) is 9.46. The van der Waals surface area contributed by atoms with E-state index in [-0.39, 0.29) is 18.0 Å². The first kappa shape index (κ1) is 17.2. The highest BCUT2D eigenvalue weighted by Crippen LogP contribution is 2.49. The fourth-order valence-corrected chi connectivity index (χ4v) is 4.73. The van der Waals surface area contributed by atoms with Crippen LogP contribution >= 0.6 is 0 Å². The number of likely N-dealkylation sites (tertiary alicyclic amines) is 1. The van der Waals surface area contributed by atoms with Gasteiger partial charge < -0.3 is 20.1 Å². The molecule has 6 nitrogen and oxygen atoms in total. The van der Waals surface area contributed by atoms with E-state index in [2.05, 4.69) is 5.32 Å². The Morgan fingerprint density at radius 3 is 2.58 bits per heavy atom. The fraction of sp³-hybridized carbons (Fsp3) is 0.600. The number of carboxylic acid groups (broad SMARTS) is 1. The second-order valence-electron chi connectivity index (χ2n) is 7.97. The number of nitrogens with one attached hydrogen (secondary N) is 1. The second-order valence-corrected chi connectivity index (χ2v) is 7.97. The molecule has 1 aliphatic heterocycles. The standard InChI is InChI=1S/C20H26N2O4/c1-26-16-8-6-14(7-9-16)17(13-4-5-13)21-19(25)22-11-15-3-2-10-20(15,12-22)18(23)24/h6-9,13,15,17H,2-5,10-12H2,1H3,(H,21,25)(H,23,24)/t15-,17?,20+/m0/s1. The number of aliphatic carboxylic acids is 1. The summed E-state index contributed by atoms with van der Waals surface area (Å²) in [5, 5.41) is 12.9. The third-order valence-electron chi connectivity index (χ3n) is 6.43. The van der Waals surface area contributed by atoms with E-state index < -0.39 is 11.4 Å². The molecule has 2 N–H and O–H groups in total. The molecule has 1 aromatic rings. The van der Waals surface area contributed by atoms with Gasteiger partial charge in [0.15, 0.2) is 0 Å². The molecule has 2 saturated carbocycles. The molecule has 0 spiro atoms. The molecule has 1 heterocycles. The highest BCUT2D eigenvalue weighted by atomic mass is 16.5. The predicted molar refractivity (Wildman–Crippen MR) is 96.0 cm³/mol. The molecule has 2 amide bonds. The maximum Gasteiger partial charge on any atom is 0.317 e. The summed E-state index contributed by atoms with van der Waals surface area (Å²) in [6.45, 7) is 0.886. The summed E-state index contributed by atoms with van der Waals surface area (Å²) < 4.78 is 5.21. The van der Waals surface area contributed by atoms with Crippen LogP contribution in [0, 0.1) is 17.3 Å². The van der Waals surface area contributed by atoms with E-state index in [9.17, 15) is 14.7 Å². The number of nitrogens with zero attached hydrogens (tertiary/aromatic N) is 1. The van der Waals surface area contributed by atoms with Crippen LogP contribution in [0.5, 0.6) is 5.75 Å². The molecular weight excluding hydrogens is 332 g/mol. The van der Waals surface area contributed by atoms with Crippen molar-refractivity contribution < 1.29 is 19.4 Å². The minimum absolute atomic E-state index is 0.0189. The van der Waals surface area contributed by atoms with Gasteiger partial charge in [0.05, 0.1) is 18.6 Å². The van der Waals surface area contributed by atoms with Crippen molar-refractivity contribution in [3.63, 3.8) is 0 Å². The molecule has 1 aromatic carbocycles. The van der Waals surface area contributed by atoms with E-state index in [1.54, 1.807) is 12.0 Å². The average molecular weight is 358 g/mol. The molecule has 1 unspecified atom stereocenters. The molecule has 0 bridgehead atoms. The van der Waals surface area contributed by atoms with Gasteiger partial charge in [-0.3, -0.25) is 4.79 Å². The SMILES string of the molecule is COc1ccc(C(NC(=O)N2C[C@@H]3CCC[C@@]3(C(=O)O)C2)C2CC2)cc1. The largest absolute Gasteiger partial charge is 0.497 e. The van der Waals surface area contributed by atoms with Crippen LogP contribution in [-0.4, -0.2) is 42.2 Å². The summed E-state index contributed by atoms with van der Waals surface area (Å²) in [5.41, 5.74) is 0.348. The zero-order valence-corrected chi connectivity index (χ0v) is 15.1. The number of fused-ring (bicyclic) bond motifs is 1. The van der Waals surface area contributed by atoms with Crippen LogP contribution in [0.15, 0.2) is 24.3 Å². The van der Waals surface area contributed by atoms with Crippen LogP contribution < -0.4 is 10.1 Å². The van der Waals surface area contributed by atoms with Crippen molar-refractivity contribution in [1.29, 1.82) is 0 Å². The van der Waals surface area contributed by atoms with E-state index in [4.69, 9.17) is 4.74 Å². The van der Waals surface area contributed by atoms with Gasteiger partial charge in [0, 0.05) is 13.1 Å². The number of methoxy groups -OCH3 is 1. The maximum absolute atomic E-state index is 12.9. The smallest absolute Gasteiger partial charge is 0.317 e. The zero-order chi connectivity index (χ0) is 18.3. The topological polar surface area (TPSA) is 78.9 Å². The van der Waals surface area contributed by atoms with Crippen LogP contribution in [0.3, 0.4) is 0 Å². The average Bonchev–Trinajstić information content (AvgIpc) is 3.28. The molecular formula is C20H26N2O4. The maximum atomic E-state index is 12.9. The Balaban J connectivity index is 1.47. The number of hydrogen-bond acceptors (Lipinski definition) is 3. The summed E-state index contributed by atoms with van der Waals surface area (Å²) in [7, 11) is 1.64. The zero-order valence-electron chi connectivity index (χ0n) is 15.1. The first-order valence-electron chi connectivity index (χ1n) is 9.46. The lowest BCUT2D eigenvalue weighted by Crippen LogP contribution is -2.43. The minimum atomic E-state index is -0.746. The molecule has 3 fully saturated rings. The van der Waals surface area contributed by atoms with Gasteiger partial charge in [-0.1, -0.05) is 18.6 Å². The first-order chi connectivity index (χ1) is 12.5. The predicted octanol–water partition coefficient (Wildman–Crippen LogP) is 3.04. The number of ether oxygens (including phenoxy) is 1. The molecule has 140 valence electrons. The number of amides is 2. The summed E-state index contributed by atoms with van der Waals surface area (Å²) >= 11 is 0. The number of benzene rings is 1. The Kier molecular flexibility index (Phi) is 4.29. The Labute approximate surface area is 153 Å². The molecule has 4 rings (SSSR count). The number of carbonyl (C=O) groups is 2. The van der Waals surface area contributed by atoms with Gasteiger partial charge in [0.1, 0.15) is 5.75 Å². The summed E-state index contributed by atoms with van der Waals surface area (Å²) in [6, 6.07) is 7.68. The number of hydrogen-bond donors (Lipinski definition) is 2. The lowest BCUT2D eigenvalue weighted by atomic mass is 9.81. The van der Waals surface area contributed by atoms with Crippen molar-refractivity contribution in [2.75, 3.05) is 20.2 Å². The van der Waals surface area contributed by atoms with Crippen LogP contribution in [-0.2, 0) is 4.79 Å². The van der Waals surface area contributed by atoms with Gasteiger partial charge in [0.25, 0.3) is 0 Å². The summed E-state index contributed by atoms with van der Waals surface area (Å²) in [5.74, 6) is 0.601. The lowest BCUT2D eigenvalue weighted by molar-refractivity contribution is -0.149. The molecule has 2 aliphatic carbocycles. The van der Waals surface area contributed by atoms with Crippen molar-refractivity contribution in [1.82, 2.24) is 10.2 Å². The number of rotatable bonds is 5. The third kappa shape index (κ3) is 2.91. The van der Waals surface area contributed by atoms with Crippen LogP contribution in [0.4, 0.5) is 4.79 Å². The van der Waals surface area contributed by atoms with Crippen molar-refractivity contribution in [2.24, 2.45) is 17.3 Å². The van der Waals surface area contributed by atoms with Crippen molar-refractivity contribution in [3.8, 4) is 5.75 Å². The van der Waals surface area contributed by atoms with E-state index in [0.717, 1.165) is 37.0 Å². The van der Waals surface area contributed by atoms with E-state index >= 15 is 0 Å². The number of carboxylic acids is 1. The van der Waals surface area contributed by atoms with E-state index in [1.807, 2.05) is 24.3 Å². The number of carbonyl (C=O) groups excluding carboxylic acids is 1. The van der Waals surface area contributed by atoms with Crippen molar-refractivity contribution in [2.45, 2.75) is 38.1 Å². The Morgan fingerprint density at radius 1 is 1.27 bits per heavy atom. The van der Waals surface area contributed by atoms with E-state index in [0.29, 0.717) is 25.4 Å². The summed E-state index contributed by atoms with van der Waals surface area (Å²) in [6.07, 6.45) is 4.75. The Bertz CT molecular complexity index is 700. The molecule has 1 saturated heterocycles. The van der Waals surface area contributed by atoms with Gasteiger partial charge in [-0.25, -0.2) is 4.79 Å². The normalized spacial score (nSPS) is 28.5. The molecule has 3 aliphatic rings. The Morgan fingerprint density at radius 2 is 2.00 bits per heavy atom. The van der Waals surface area contributed by atoms with E-state index in [1.165, 1.54) is 0 Å². The highest BCUT2D eigenvalue weighted by molar-refractivity contribution is 5.80. The highest BCUT2D eigenvalue weighted by Gasteiger charge is 2.56. The van der Waals surface area contributed by atoms with Crippen LogP contribution in [0.2, 0.25) is 0 Å². The molecule has 0 radical (unpaired) electrons. The van der Waals surface area contributed by atoms with Crippen LogP contribution in [0.1, 0.15) is 43.7 Å². The third-order valence-corrected chi connectivity index (χ3v) is 6.43. The number of urea groups is 1. The fourth-order valence-electron chi connectivity index (χ4n) is 4.73. The lowest BCUT2D eigenvalue weighted by Gasteiger charge is -2.26. The Hall–Kier alpha value is -2.24. The van der Waals surface area contributed by atoms with Gasteiger partial charge in [0.2, 0.25) is 0 Å². The van der Waals surface area contributed by atoms with Gasteiger partial charge in [-0.2, -0.15) is 0 Å². The molecule has 0 aromatic heterocycles. The van der Waals surface area contributed by atoms with Gasteiger partial charge in [-0.05, 0) is 55.2 Å².